The Bertz CT molecular complexity index is 1720. The van der Waals surface area contributed by atoms with Gasteiger partial charge in [0.2, 0.25) is 0 Å². The van der Waals surface area contributed by atoms with Crippen LogP contribution in [0.2, 0.25) is 0 Å². The molecule has 0 aliphatic carbocycles. The fraction of sp³-hybridized carbons (Fsp3) is 0.172. The summed E-state index contributed by atoms with van der Waals surface area (Å²) in [5, 5.41) is 3.16. The van der Waals surface area contributed by atoms with Gasteiger partial charge in [-0.3, -0.25) is 14.5 Å². The third-order valence-corrected chi connectivity index (χ3v) is 7.59. The van der Waals surface area contributed by atoms with Gasteiger partial charge in [-0.05, 0) is 61.0 Å². The van der Waals surface area contributed by atoms with Gasteiger partial charge in [0, 0.05) is 29.6 Å². The Labute approximate surface area is 231 Å². The van der Waals surface area contributed by atoms with E-state index in [-0.39, 0.29) is 16.1 Å². The van der Waals surface area contributed by atoms with Crippen LogP contribution in [0.3, 0.4) is 0 Å². The number of hydrogen-bond donors (Lipinski definition) is 2. The highest BCUT2D eigenvalue weighted by atomic mass is 32.2. The van der Waals surface area contributed by atoms with Gasteiger partial charge in [0.1, 0.15) is 11.6 Å². The number of aliphatic imine (C=N–C) groups is 1. The van der Waals surface area contributed by atoms with Gasteiger partial charge in [-0.2, -0.15) is 0 Å². The number of amides is 1. The summed E-state index contributed by atoms with van der Waals surface area (Å²) in [4.78, 5) is 34.5. The Balaban J connectivity index is 1.29. The molecule has 1 aromatic heterocycles. The lowest BCUT2D eigenvalue weighted by atomic mass is 10.0. The fourth-order valence-electron chi connectivity index (χ4n) is 4.24. The van der Waals surface area contributed by atoms with Crippen LogP contribution in [0.1, 0.15) is 23.2 Å². The molecule has 0 spiro atoms. The number of aromatic nitrogens is 1. The second-order valence-electron chi connectivity index (χ2n) is 8.99. The number of carbonyl (C=O) groups excluding carboxylic acids is 2. The highest BCUT2D eigenvalue weighted by molar-refractivity contribution is 7.90. The lowest BCUT2D eigenvalue weighted by Gasteiger charge is -2.12. The summed E-state index contributed by atoms with van der Waals surface area (Å²) in [6.45, 7) is 0.0180. The number of benzene rings is 3. The van der Waals surface area contributed by atoms with E-state index < -0.39 is 28.5 Å². The molecule has 40 heavy (non-hydrogen) atoms. The zero-order valence-electron chi connectivity index (χ0n) is 21.6. The molecule has 0 saturated heterocycles. The SMILES string of the molecule is COc1ccc(-c2cc(C(=O)OCC(=O)Nc3cccc(S(=O)(=O)NC4=NCCC4)c3)c3ccccc3n2)cc1. The van der Waals surface area contributed by atoms with E-state index in [1.807, 2.05) is 18.2 Å². The monoisotopic (exact) mass is 558 g/mol. The molecule has 11 heteroatoms. The second-order valence-corrected chi connectivity index (χ2v) is 10.7. The van der Waals surface area contributed by atoms with Crippen molar-refractivity contribution in [1.29, 1.82) is 0 Å². The molecule has 1 aliphatic heterocycles. The van der Waals surface area contributed by atoms with Crippen LogP contribution in [0, 0.1) is 0 Å². The van der Waals surface area contributed by atoms with Gasteiger partial charge < -0.3 is 14.8 Å². The molecule has 4 aromatic rings. The predicted molar refractivity (Wildman–Crippen MR) is 151 cm³/mol. The molecule has 204 valence electrons. The van der Waals surface area contributed by atoms with Crippen LogP contribution in [0.4, 0.5) is 5.69 Å². The van der Waals surface area contributed by atoms with Crippen molar-refractivity contribution in [2.75, 3.05) is 25.6 Å². The number of esters is 1. The van der Waals surface area contributed by atoms with Crippen molar-refractivity contribution in [1.82, 2.24) is 9.71 Å². The Morgan fingerprint density at radius 3 is 2.52 bits per heavy atom. The van der Waals surface area contributed by atoms with Crippen molar-refractivity contribution in [3.8, 4) is 17.0 Å². The number of carbonyl (C=O) groups is 2. The minimum absolute atomic E-state index is 0.0220. The number of nitrogens with zero attached hydrogens (tertiary/aromatic N) is 2. The standard InChI is InChI=1S/C29H26N4O6S/c1-38-21-13-11-19(12-14-21)26-17-24(23-8-2-3-9-25(23)32-26)29(35)39-18-28(34)31-20-6-4-7-22(16-20)40(36,37)33-27-10-5-15-30-27/h2-4,6-9,11-14,16-17H,5,10,15,18H2,1H3,(H,30,33)(H,31,34). The third kappa shape index (κ3) is 6.10. The first-order valence-electron chi connectivity index (χ1n) is 12.5. The summed E-state index contributed by atoms with van der Waals surface area (Å²) < 4.78 is 38.4. The lowest BCUT2D eigenvalue weighted by molar-refractivity contribution is -0.119. The number of fused-ring (bicyclic) bond motifs is 1. The normalized spacial score (nSPS) is 13.0. The maximum atomic E-state index is 13.1. The number of rotatable bonds is 8. The van der Waals surface area contributed by atoms with Gasteiger partial charge in [-0.25, -0.2) is 18.2 Å². The zero-order chi connectivity index (χ0) is 28.1. The number of pyridine rings is 1. The number of hydrogen-bond acceptors (Lipinski definition) is 8. The summed E-state index contributed by atoms with van der Waals surface area (Å²) >= 11 is 0. The van der Waals surface area contributed by atoms with Crippen molar-refractivity contribution in [3.05, 3.63) is 84.4 Å². The van der Waals surface area contributed by atoms with E-state index in [9.17, 15) is 18.0 Å². The smallest absolute Gasteiger partial charge is 0.339 e. The van der Waals surface area contributed by atoms with Gasteiger partial charge in [0.25, 0.3) is 15.9 Å². The molecule has 0 fully saturated rings. The fourth-order valence-corrected chi connectivity index (χ4v) is 5.37. The number of sulfonamides is 1. The average Bonchev–Trinajstić information content (AvgIpc) is 3.48. The first-order valence-corrected chi connectivity index (χ1v) is 14.0. The lowest BCUT2D eigenvalue weighted by Crippen LogP contribution is -2.29. The summed E-state index contributed by atoms with van der Waals surface area (Å²) in [7, 11) is -2.27. The molecule has 5 rings (SSSR count). The molecule has 3 aromatic carbocycles. The molecule has 1 amide bonds. The molecule has 0 unspecified atom stereocenters. The van der Waals surface area contributed by atoms with Crippen LogP contribution in [-0.4, -0.2) is 51.4 Å². The van der Waals surface area contributed by atoms with E-state index >= 15 is 0 Å². The highest BCUT2D eigenvalue weighted by Gasteiger charge is 2.20. The van der Waals surface area contributed by atoms with Crippen molar-refractivity contribution < 1.29 is 27.5 Å². The topological polar surface area (TPSA) is 136 Å². The summed E-state index contributed by atoms with van der Waals surface area (Å²) in [6.07, 6.45) is 1.36. The van der Waals surface area contributed by atoms with E-state index in [0.717, 1.165) is 12.0 Å². The minimum Gasteiger partial charge on any atom is -0.497 e. The van der Waals surface area contributed by atoms with Crippen LogP contribution < -0.4 is 14.8 Å². The van der Waals surface area contributed by atoms with Gasteiger partial charge in [0.15, 0.2) is 6.61 Å². The van der Waals surface area contributed by atoms with E-state index in [2.05, 4.69) is 20.0 Å². The van der Waals surface area contributed by atoms with E-state index in [1.165, 1.54) is 18.2 Å². The van der Waals surface area contributed by atoms with E-state index in [1.54, 1.807) is 49.6 Å². The van der Waals surface area contributed by atoms with Crippen LogP contribution in [0.5, 0.6) is 5.75 Å². The van der Waals surface area contributed by atoms with Gasteiger partial charge in [-0.1, -0.05) is 24.3 Å². The molecule has 0 saturated carbocycles. The summed E-state index contributed by atoms with van der Waals surface area (Å²) in [5.41, 5.74) is 2.45. The van der Waals surface area contributed by atoms with Crippen molar-refractivity contribution in [2.24, 2.45) is 4.99 Å². The molecular formula is C29H26N4O6S. The van der Waals surface area contributed by atoms with Gasteiger partial charge in [-0.15, -0.1) is 0 Å². The van der Waals surface area contributed by atoms with Gasteiger partial charge >= 0.3 is 5.97 Å². The van der Waals surface area contributed by atoms with Crippen LogP contribution in [-0.2, 0) is 19.6 Å². The minimum atomic E-state index is -3.85. The molecule has 2 N–H and O–H groups in total. The summed E-state index contributed by atoms with van der Waals surface area (Å²) in [5.74, 6) is -0.205. The predicted octanol–water partition coefficient (Wildman–Crippen LogP) is 4.18. The molecule has 0 radical (unpaired) electrons. The van der Waals surface area contributed by atoms with Crippen molar-refractivity contribution >= 4 is 44.3 Å². The first kappa shape index (κ1) is 26.8. The van der Waals surface area contributed by atoms with E-state index in [4.69, 9.17) is 9.47 Å². The number of methoxy groups -OCH3 is 1. The highest BCUT2D eigenvalue weighted by Crippen LogP contribution is 2.27. The molecule has 1 aliphatic rings. The van der Waals surface area contributed by atoms with Crippen molar-refractivity contribution in [3.63, 3.8) is 0 Å². The maximum absolute atomic E-state index is 13.1. The van der Waals surface area contributed by atoms with E-state index in [0.29, 0.717) is 41.1 Å². The third-order valence-electron chi connectivity index (χ3n) is 6.21. The van der Waals surface area contributed by atoms with Crippen molar-refractivity contribution in [2.45, 2.75) is 17.7 Å². The molecule has 10 nitrogen and oxygen atoms in total. The van der Waals surface area contributed by atoms with Crippen LogP contribution >= 0.6 is 0 Å². The number of ether oxygens (including phenoxy) is 2. The Morgan fingerprint density at radius 1 is 0.975 bits per heavy atom. The quantitative estimate of drug-likeness (QED) is 0.310. The molecule has 0 bridgehead atoms. The number of para-hydroxylation sites is 1. The maximum Gasteiger partial charge on any atom is 0.339 e. The Hall–Kier alpha value is -4.77. The average molecular weight is 559 g/mol. The number of amidine groups is 1. The summed E-state index contributed by atoms with van der Waals surface area (Å²) in [6, 6.07) is 21.9. The Kier molecular flexibility index (Phi) is 7.74. The van der Waals surface area contributed by atoms with Crippen LogP contribution in [0.25, 0.3) is 22.2 Å². The van der Waals surface area contributed by atoms with Crippen LogP contribution in [0.15, 0.2) is 88.8 Å². The number of anilines is 1. The molecule has 0 atom stereocenters. The zero-order valence-corrected chi connectivity index (χ0v) is 22.4. The molecule has 2 heterocycles. The second kappa shape index (κ2) is 11.5. The van der Waals surface area contributed by atoms with Gasteiger partial charge in [0.05, 0.1) is 28.8 Å². The molecular weight excluding hydrogens is 532 g/mol. The Morgan fingerprint density at radius 2 is 1.77 bits per heavy atom. The number of nitrogens with one attached hydrogen (secondary N) is 2. The first-order chi connectivity index (χ1) is 19.3. The largest absolute Gasteiger partial charge is 0.497 e.